The maximum absolute atomic E-state index is 10.4. The molecular weight excluding hydrogens is 172 g/mol. The van der Waals surface area contributed by atoms with Gasteiger partial charge in [0.2, 0.25) is 0 Å². The summed E-state index contributed by atoms with van der Waals surface area (Å²) in [4.78, 5) is 0. The quantitative estimate of drug-likeness (QED) is 0.717. The van der Waals surface area contributed by atoms with Crippen molar-refractivity contribution in [2.24, 2.45) is 16.7 Å². The van der Waals surface area contributed by atoms with Gasteiger partial charge < -0.3 is 5.11 Å². The maximum atomic E-state index is 10.4. The van der Waals surface area contributed by atoms with Crippen molar-refractivity contribution in [3.8, 4) is 0 Å². The van der Waals surface area contributed by atoms with E-state index in [4.69, 9.17) is 0 Å². The Morgan fingerprint density at radius 3 is 1.50 bits per heavy atom. The van der Waals surface area contributed by atoms with Crippen LogP contribution in [0.15, 0.2) is 0 Å². The summed E-state index contributed by atoms with van der Waals surface area (Å²) in [5, 5.41) is 10.4. The molecule has 2 unspecified atom stereocenters. The molecule has 0 aromatic carbocycles. The van der Waals surface area contributed by atoms with Crippen LogP contribution < -0.4 is 0 Å². The minimum Gasteiger partial charge on any atom is -0.390 e. The number of rotatable bonds is 2. The Labute approximate surface area is 89.9 Å². The van der Waals surface area contributed by atoms with Gasteiger partial charge >= 0.3 is 0 Å². The second kappa shape index (κ2) is 3.84. The monoisotopic (exact) mass is 200 g/mol. The van der Waals surface area contributed by atoms with Crippen molar-refractivity contribution >= 4 is 0 Å². The van der Waals surface area contributed by atoms with Crippen LogP contribution in [0.5, 0.6) is 0 Å². The molecule has 0 aromatic heterocycles. The number of hydrogen-bond donors (Lipinski definition) is 1. The van der Waals surface area contributed by atoms with Crippen LogP contribution in [0.1, 0.15) is 61.8 Å². The van der Waals surface area contributed by atoms with E-state index < -0.39 is 5.60 Å². The predicted octanol–water partition coefficient (Wildman–Crippen LogP) is 3.86. The summed E-state index contributed by atoms with van der Waals surface area (Å²) in [5.41, 5.74) is -0.360. The van der Waals surface area contributed by atoms with Gasteiger partial charge in [-0.25, -0.2) is 0 Å². The zero-order valence-corrected chi connectivity index (χ0v) is 11.2. The Morgan fingerprint density at radius 2 is 1.29 bits per heavy atom. The normalized spacial score (nSPS) is 20.4. The van der Waals surface area contributed by atoms with Gasteiger partial charge in [-0.15, -0.1) is 0 Å². The lowest BCUT2D eigenvalue weighted by molar-refractivity contribution is -0.0682. The molecule has 0 aromatic rings. The molecule has 1 heteroatoms. The third-order valence-electron chi connectivity index (χ3n) is 3.80. The van der Waals surface area contributed by atoms with E-state index in [9.17, 15) is 5.11 Å². The Morgan fingerprint density at radius 1 is 0.929 bits per heavy atom. The molecule has 0 aliphatic heterocycles. The van der Waals surface area contributed by atoms with Gasteiger partial charge in [0, 0.05) is 0 Å². The summed E-state index contributed by atoms with van der Waals surface area (Å²) in [7, 11) is 0. The Hall–Kier alpha value is -0.0400. The standard InChI is InChI=1S/C13H28O/c1-10(11(2,3)4)9-13(8,14)12(5,6)7/h10,14H,9H2,1-8H3. The zero-order valence-electron chi connectivity index (χ0n) is 11.2. The van der Waals surface area contributed by atoms with E-state index in [1.165, 1.54) is 0 Å². The van der Waals surface area contributed by atoms with Crippen LogP contribution in [-0.4, -0.2) is 10.7 Å². The molecule has 2 atom stereocenters. The molecule has 1 N–H and O–H groups in total. The first kappa shape index (κ1) is 14.0. The fourth-order valence-electron chi connectivity index (χ4n) is 1.21. The van der Waals surface area contributed by atoms with Gasteiger partial charge in [0.25, 0.3) is 0 Å². The lowest BCUT2D eigenvalue weighted by Crippen LogP contribution is -2.42. The minimum atomic E-state index is -0.584. The average Bonchev–Trinajstić information content (AvgIpc) is 1.80. The molecular formula is C13H28O. The van der Waals surface area contributed by atoms with E-state index in [0.717, 1.165) is 6.42 Å². The van der Waals surface area contributed by atoms with Crippen molar-refractivity contribution in [2.45, 2.75) is 67.4 Å². The highest BCUT2D eigenvalue weighted by Crippen LogP contribution is 2.39. The van der Waals surface area contributed by atoms with Gasteiger partial charge in [-0.3, -0.25) is 0 Å². The Bertz CT molecular complexity index is 178. The minimum absolute atomic E-state index is 0.0491. The third-order valence-corrected chi connectivity index (χ3v) is 3.80. The van der Waals surface area contributed by atoms with E-state index in [0.29, 0.717) is 5.92 Å². The fraction of sp³-hybridized carbons (Fsp3) is 1.00. The highest BCUT2D eigenvalue weighted by atomic mass is 16.3. The van der Waals surface area contributed by atoms with Crippen LogP contribution in [0.25, 0.3) is 0 Å². The zero-order chi connectivity index (χ0) is 11.8. The highest BCUT2D eigenvalue weighted by molar-refractivity contribution is 4.89. The molecule has 0 heterocycles. The second-order valence-electron chi connectivity index (χ2n) is 7.00. The topological polar surface area (TPSA) is 20.2 Å². The molecule has 0 amide bonds. The van der Waals surface area contributed by atoms with Crippen LogP contribution in [0.3, 0.4) is 0 Å². The van der Waals surface area contributed by atoms with Gasteiger partial charge in [0.1, 0.15) is 0 Å². The van der Waals surface area contributed by atoms with Crippen LogP contribution in [0, 0.1) is 16.7 Å². The van der Waals surface area contributed by atoms with Crippen molar-refractivity contribution in [3.63, 3.8) is 0 Å². The van der Waals surface area contributed by atoms with E-state index in [1.807, 2.05) is 6.92 Å². The Kier molecular flexibility index (Phi) is 3.83. The lowest BCUT2D eigenvalue weighted by atomic mass is 9.68. The SMILES string of the molecule is CC(CC(C)(O)C(C)(C)C)C(C)(C)C. The van der Waals surface area contributed by atoms with Gasteiger partial charge in [0.15, 0.2) is 0 Å². The summed E-state index contributed by atoms with van der Waals surface area (Å²) in [6, 6.07) is 0. The first-order valence-corrected chi connectivity index (χ1v) is 5.60. The van der Waals surface area contributed by atoms with Crippen molar-refractivity contribution in [3.05, 3.63) is 0 Å². The second-order valence-corrected chi connectivity index (χ2v) is 7.00. The van der Waals surface area contributed by atoms with Crippen molar-refractivity contribution in [2.75, 3.05) is 0 Å². The predicted molar refractivity (Wildman–Crippen MR) is 63.3 cm³/mol. The molecule has 0 saturated heterocycles. The van der Waals surface area contributed by atoms with Gasteiger partial charge in [-0.05, 0) is 30.1 Å². The van der Waals surface area contributed by atoms with E-state index in [1.54, 1.807) is 0 Å². The van der Waals surface area contributed by atoms with Crippen molar-refractivity contribution < 1.29 is 5.11 Å². The molecule has 0 aliphatic carbocycles. The maximum Gasteiger partial charge on any atom is 0.0670 e. The van der Waals surface area contributed by atoms with Crippen molar-refractivity contribution in [1.82, 2.24) is 0 Å². The molecule has 0 rings (SSSR count). The number of aliphatic hydroxyl groups is 1. The molecule has 86 valence electrons. The summed E-state index contributed by atoms with van der Waals surface area (Å²) in [6.07, 6.45) is 0.861. The van der Waals surface area contributed by atoms with Crippen LogP contribution in [0.4, 0.5) is 0 Å². The van der Waals surface area contributed by atoms with Gasteiger partial charge in [0.05, 0.1) is 5.60 Å². The Balaban J connectivity index is 4.53. The summed E-state index contributed by atoms with van der Waals surface area (Å²) < 4.78 is 0. The lowest BCUT2D eigenvalue weighted by Gasteiger charge is -2.42. The molecule has 0 fully saturated rings. The van der Waals surface area contributed by atoms with E-state index >= 15 is 0 Å². The molecule has 0 spiro atoms. The van der Waals surface area contributed by atoms with Gasteiger partial charge in [-0.1, -0.05) is 48.5 Å². The molecule has 0 saturated carbocycles. The van der Waals surface area contributed by atoms with E-state index in [2.05, 4.69) is 48.5 Å². The molecule has 1 nitrogen and oxygen atoms in total. The van der Waals surface area contributed by atoms with Crippen LogP contribution >= 0.6 is 0 Å². The molecule has 0 bridgehead atoms. The largest absolute Gasteiger partial charge is 0.390 e. The summed E-state index contributed by atoms with van der Waals surface area (Å²) in [5.74, 6) is 0.525. The molecule has 14 heavy (non-hydrogen) atoms. The summed E-state index contributed by atoms with van der Waals surface area (Å²) in [6.45, 7) is 17.2. The smallest absolute Gasteiger partial charge is 0.0670 e. The fourth-order valence-corrected chi connectivity index (χ4v) is 1.21. The third kappa shape index (κ3) is 3.61. The molecule has 0 radical (unpaired) electrons. The summed E-state index contributed by atoms with van der Waals surface area (Å²) >= 11 is 0. The average molecular weight is 200 g/mol. The molecule has 0 aliphatic rings. The number of hydrogen-bond acceptors (Lipinski definition) is 1. The van der Waals surface area contributed by atoms with Gasteiger partial charge in [-0.2, -0.15) is 0 Å². The van der Waals surface area contributed by atoms with E-state index in [-0.39, 0.29) is 10.8 Å². The van der Waals surface area contributed by atoms with Crippen LogP contribution in [-0.2, 0) is 0 Å². The first-order chi connectivity index (χ1) is 5.88. The van der Waals surface area contributed by atoms with Crippen LogP contribution in [0.2, 0.25) is 0 Å². The highest BCUT2D eigenvalue weighted by Gasteiger charge is 2.38. The van der Waals surface area contributed by atoms with Crippen molar-refractivity contribution in [1.29, 1.82) is 0 Å². The first-order valence-electron chi connectivity index (χ1n) is 5.60.